The number of rotatable bonds is 6. The minimum absolute atomic E-state index is 0.0124. The number of aromatic nitrogens is 7. The highest BCUT2D eigenvalue weighted by Crippen LogP contribution is 2.32. The van der Waals surface area contributed by atoms with Crippen molar-refractivity contribution in [2.45, 2.75) is 57.5 Å². The molecule has 0 spiro atoms. The fourth-order valence-corrected chi connectivity index (χ4v) is 6.37. The number of carbonyl (C=O) groups is 2. The van der Waals surface area contributed by atoms with Gasteiger partial charge in [0.2, 0.25) is 5.91 Å². The second-order valence-electron chi connectivity index (χ2n) is 13.6. The van der Waals surface area contributed by atoms with E-state index in [0.717, 1.165) is 35.1 Å². The molecule has 0 aromatic carbocycles. The number of carbonyl (C=O) groups excluding carboxylic acids is 2. The first-order valence-electron chi connectivity index (χ1n) is 17.0. The van der Waals surface area contributed by atoms with Gasteiger partial charge in [-0.05, 0) is 67.8 Å². The van der Waals surface area contributed by atoms with E-state index in [1.807, 2.05) is 20.8 Å². The number of fused-ring (bicyclic) bond motifs is 2. The van der Waals surface area contributed by atoms with E-state index in [1.54, 1.807) is 28.4 Å². The van der Waals surface area contributed by atoms with Crippen molar-refractivity contribution in [1.29, 1.82) is 0 Å². The molecule has 14 nitrogen and oxygen atoms in total. The molecule has 0 bridgehead atoms. The molecule has 282 valence electrons. The average molecular weight is 809 g/mol. The Balaban J connectivity index is 0.000000189. The van der Waals surface area contributed by atoms with Crippen LogP contribution < -0.4 is 10.6 Å². The standard InChI is InChI=1S/C20H17F3N6O.C16H20BrN5O2/c1-2-16(30)29-8-5-13(11-29)28-19-18-17(24-6-7-25-18)14(10-27-19)15-4-3-12(9-26-15)20(21,22)23;1-16(2,3)24-15(23)22-7-4-10(9-22)21-14-13-12(11(17)8-20-14)18-5-6-19-13/h2-4,6-7,9-10,13H,1,5,8,11H2,(H,27,28);5-6,8,10H,4,7,9H2,1-3H3,(H,20,21)/t13-;10-/m00/s1. The van der Waals surface area contributed by atoms with Crippen LogP contribution in [0.3, 0.4) is 0 Å². The molecule has 0 radical (unpaired) electrons. The second-order valence-corrected chi connectivity index (χ2v) is 14.4. The van der Waals surface area contributed by atoms with Gasteiger partial charge in [0.05, 0.1) is 15.7 Å². The first kappa shape index (κ1) is 38.2. The van der Waals surface area contributed by atoms with Gasteiger partial charge in [0.25, 0.3) is 0 Å². The average Bonchev–Trinajstić information content (AvgIpc) is 3.82. The number of likely N-dealkylation sites (tertiary alicyclic amines) is 2. The molecule has 5 aromatic rings. The predicted octanol–water partition coefficient (Wildman–Crippen LogP) is 6.51. The van der Waals surface area contributed by atoms with Crippen LogP contribution >= 0.6 is 15.9 Å². The topological polar surface area (TPSA) is 164 Å². The zero-order chi connectivity index (χ0) is 38.6. The highest BCUT2D eigenvalue weighted by Gasteiger charge is 2.32. The van der Waals surface area contributed by atoms with Crippen LogP contribution in [0.15, 0.2) is 72.6 Å². The van der Waals surface area contributed by atoms with Crippen LogP contribution in [0.1, 0.15) is 39.2 Å². The first-order chi connectivity index (χ1) is 25.7. The molecule has 2 aliphatic rings. The van der Waals surface area contributed by atoms with E-state index in [4.69, 9.17) is 4.74 Å². The molecule has 54 heavy (non-hydrogen) atoms. The molecule has 0 saturated carbocycles. The maximum absolute atomic E-state index is 12.8. The summed E-state index contributed by atoms with van der Waals surface area (Å²) in [7, 11) is 0. The van der Waals surface area contributed by atoms with Crippen molar-refractivity contribution < 1.29 is 27.5 Å². The third-order valence-electron chi connectivity index (χ3n) is 8.52. The Hall–Kier alpha value is -5.52. The smallest absolute Gasteiger partial charge is 0.417 e. The summed E-state index contributed by atoms with van der Waals surface area (Å²) < 4.78 is 44.7. The van der Waals surface area contributed by atoms with Gasteiger partial charge >= 0.3 is 12.3 Å². The summed E-state index contributed by atoms with van der Waals surface area (Å²) in [6, 6.07) is 2.36. The molecule has 2 fully saturated rings. The fourth-order valence-electron chi connectivity index (χ4n) is 5.97. The lowest BCUT2D eigenvalue weighted by molar-refractivity contribution is -0.137. The highest BCUT2D eigenvalue weighted by atomic mass is 79.9. The SMILES string of the molecule is C=CC(=O)N1CC[C@H](Nc2ncc(-c3ccc(C(F)(F)F)cn3)c3nccnc23)C1.CC(C)(C)OC(=O)N1CC[C@H](Nc2ncc(Br)c3nccnc23)C1. The number of nitrogens with zero attached hydrogens (tertiary/aromatic N) is 9. The van der Waals surface area contributed by atoms with Gasteiger partial charge in [0.1, 0.15) is 27.7 Å². The molecule has 18 heteroatoms. The van der Waals surface area contributed by atoms with Gasteiger partial charge in [-0.2, -0.15) is 13.2 Å². The summed E-state index contributed by atoms with van der Waals surface area (Å²) in [4.78, 5) is 57.5. The number of hydrogen-bond donors (Lipinski definition) is 2. The van der Waals surface area contributed by atoms with Crippen LogP contribution in [0.4, 0.5) is 29.6 Å². The van der Waals surface area contributed by atoms with Gasteiger partial charge in [-0.25, -0.2) is 24.7 Å². The van der Waals surface area contributed by atoms with E-state index in [9.17, 15) is 22.8 Å². The predicted molar refractivity (Wildman–Crippen MR) is 199 cm³/mol. The second kappa shape index (κ2) is 15.8. The summed E-state index contributed by atoms with van der Waals surface area (Å²) in [6.45, 7) is 11.5. The Labute approximate surface area is 316 Å². The third-order valence-corrected chi connectivity index (χ3v) is 9.10. The normalized spacial score (nSPS) is 17.2. The Morgan fingerprint density at radius 1 is 0.796 bits per heavy atom. The Morgan fingerprint density at radius 2 is 1.35 bits per heavy atom. The van der Waals surface area contributed by atoms with Crippen LogP contribution in [0, 0.1) is 0 Å². The fraction of sp³-hybridized carbons (Fsp3) is 0.361. The van der Waals surface area contributed by atoms with Crippen LogP contribution in [0.5, 0.6) is 0 Å². The Kier molecular flexibility index (Phi) is 11.2. The van der Waals surface area contributed by atoms with Crippen LogP contribution in [-0.4, -0.2) is 101 Å². The molecule has 5 aromatic heterocycles. The molecule has 0 aliphatic carbocycles. The minimum atomic E-state index is -4.46. The van der Waals surface area contributed by atoms with E-state index in [1.165, 1.54) is 30.7 Å². The number of amides is 2. The number of pyridine rings is 3. The van der Waals surface area contributed by atoms with Gasteiger partial charge in [-0.15, -0.1) is 0 Å². The van der Waals surface area contributed by atoms with Gasteiger partial charge in [-0.1, -0.05) is 6.58 Å². The molecule has 2 amide bonds. The van der Waals surface area contributed by atoms with Gasteiger partial charge in [-0.3, -0.25) is 19.7 Å². The quantitative estimate of drug-likeness (QED) is 0.179. The largest absolute Gasteiger partial charge is 0.444 e. The van der Waals surface area contributed by atoms with Gasteiger partial charge in [0.15, 0.2) is 11.6 Å². The zero-order valence-corrected chi connectivity index (χ0v) is 31.2. The molecule has 0 unspecified atom stereocenters. The van der Waals surface area contributed by atoms with Crippen LogP contribution in [0.2, 0.25) is 0 Å². The van der Waals surface area contributed by atoms with E-state index < -0.39 is 17.3 Å². The molecule has 2 aliphatic heterocycles. The summed E-state index contributed by atoms with van der Waals surface area (Å²) in [5.41, 5.74) is 1.90. The lowest BCUT2D eigenvalue weighted by atomic mass is 10.1. The van der Waals surface area contributed by atoms with E-state index in [2.05, 4.69) is 68.0 Å². The molecular weight excluding hydrogens is 771 g/mol. The van der Waals surface area contributed by atoms with Gasteiger partial charge < -0.3 is 25.2 Å². The number of hydrogen-bond acceptors (Lipinski definition) is 12. The lowest BCUT2D eigenvalue weighted by Gasteiger charge is -2.24. The minimum Gasteiger partial charge on any atom is -0.444 e. The molecule has 2 saturated heterocycles. The molecular formula is C36H37BrF3N11O3. The molecule has 7 rings (SSSR count). The Bertz CT molecular complexity index is 2170. The number of ether oxygens (including phenoxy) is 1. The monoisotopic (exact) mass is 807 g/mol. The zero-order valence-electron chi connectivity index (χ0n) is 29.6. The molecule has 7 heterocycles. The maximum Gasteiger partial charge on any atom is 0.417 e. The number of nitrogens with one attached hydrogen (secondary N) is 2. The lowest BCUT2D eigenvalue weighted by Crippen LogP contribution is -2.36. The van der Waals surface area contributed by atoms with Crippen molar-refractivity contribution in [3.63, 3.8) is 0 Å². The number of alkyl halides is 3. The van der Waals surface area contributed by atoms with Crippen LogP contribution in [0.25, 0.3) is 33.3 Å². The van der Waals surface area contributed by atoms with Crippen molar-refractivity contribution >= 4 is 61.6 Å². The third kappa shape index (κ3) is 8.98. The number of anilines is 2. The molecule has 2 atom stereocenters. The van der Waals surface area contributed by atoms with E-state index in [-0.39, 0.29) is 24.1 Å². The summed E-state index contributed by atoms with van der Waals surface area (Å²) >= 11 is 3.44. The van der Waals surface area contributed by atoms with Gasteiger partial charge in [0, 0.05) is 87.2 Å². The van der Waals surface area contributed by atoms with Crippen LogP contribution in [-0.2, 0) is 15.7 Å². The summed E-state index contributed by atoms with van der Waals surface area (Å²) in [6.07, 6.45) is 8.43. The highest BCUT2D eigenvalue weighted by molar-refractivity contribution is 9.10. The van der Waals surface area contributed by atoms with Crippen molar-refractivity contribution in [1.82, 2.24) is 44.7 Å². The van der Waals surface area contributed by atoms with Crippen molar-refractivity contribution in [3.05, 3.63) is 78.2 Å². The summed E-state index contributed by atoms with van der Waals surface area (Å²) in [5.74, 6) is 1.05. The maximum atomic E-state index is 12.8. The van der Waals surface area contributed by atoms with E-state index in [0.29, 0.717) is 65.6 Å². The Morgan fingerprint density at radius 3 is 1.93 bits per heavy atom. The number of halogens is 4. The van der Waals surface area contributed by atoms with Crippen molar-refractivity contribution in [2.24, 2.45) is 0 Å². The van der Waals surface area contributed by atoms with Crippen molar-refractivity contribution in [3.8, 4) is 11.3 Å². The summed E-state index contributed by atoms with van der Waals surface area (Å²) in [5, 5.41) is 6.66. The molecule has 2 N–H and O–H groups in total. The first-order valence-corrected chi connectivity index (χ1v) is 17.8. The van der Waals surface area contributed by atoms with E-state index >= 15 is 0 Å². The van der Waals surface area contributed by atoms with Crippen molar-refractivity contribution in [2.75, 3.05) is 36.8 Å².